The van der Waals surface area contributed by atoms with E-state index in [1.54, 1.807) is 5.56 Å². The minimum absolute atomic E-state index is 1.01. The van der Waals surface area contributed by atoms with Gasteiger partial charge in [0.15, 0.2) is 0 Å². The minimum Gasteiger partial charge on any atom is -0.385 e. The molecular formula is C15H19N3. The maximum atomic E-state index is 4.04. The van der Waals surface area contributed by atoms with Gasteiger partial charge in [-0.1, -0.05) is 6.07 Å². The third-order valence-electron chi connectivity index (χ3n) is 3.58. The van der Waals surface area contributed by atoms with Gasteiger partial charge in [0.1, 0.15) is 0 Å². The summed E-state index contributed by atoms with van der Waals surface area (Å²) < 4.78 is 2.12. The standard InChI is InChI=1S/C15H19N3/c1-3-13-5-6-15(11-14(13)4-1)17-7-2-9-18-10-8-16-12-18/h5-6,8,10-12,17H,1-4,7,9H2. The van der Waals surface area contributed by atoms with Gasteiger partial charge in [-0.3, -0.25) is 0 Å². The van der Waals surface area contributed by atoms with Gasteiger partial charge >= 0.3 is 0 Å². The van der Waals surface area contributed by atoms with Gasteiger partial charge in [0, 0.05) is 31.2 Å². The highest BCUT2D eigenvalue weighted by molar-refractivity contribution is 5.50. The Labute approximate surface area is 108 Å². The average molecular weight is 241 g/mol. The number of fused-ring (bicyclic) bond motifs is 1. The average Bonchev–Trinajstić information content (AvgIpc) is 3.05. The third-order valence-corrected chi connectivity index (χ3v) is 3.58. The van der Waals surface area contributed by atoms with Crippen LogP contribution in [0.3, 0.4) is 0 Å². The lowest BCUT2D eigenvalue weighted by molar-refractivity contribution is 0.661. The van der Waals surface area contributed by atoms with E-state index in [1.807, 2.05) is 18.7 Å². The molecule has 0 fully saturated rings. The molecule has 0 spiro atoms. The quantitative estimate of drug-likeness (QED) is 0.816. The van der Waals surface area contributed by atoms with Crippen molar-refractivity contribution in [2.24, 2.45) is 0 Å². The second-order valence-corrected chi connectivity index (χ2v) is 4.92. The zero-order valence-electron chi connectivity index (χ0n) is 10.6. The Bertz CT molecular complexity index is 502. The van der Waals surface area contributed by atoms with E-state index >= 15 is 0 Å². The molecule has 0 bridgehead atoms. The summed E-state index contributed by atoms with van der Waals surface area (Å²) in [5, 5.41) is 3.50. The molecule has 1 aliphatic carbocycles. The van der Waals surface area contributed by atoms with Crippen molar-refractivity contribution in [2.45, 2.75) is 32.2 Å². The van der Waals surface area contributed by atoms with Gasteiger partial charge in [-0.15, -0.1) is 0 Å². The second-order valence-electron chi connectivity index (χ2n) is 4.92. The summed E-state index contributed by atoms with van der Waals surface area (Å²) >= 11 is 0. The molecule has 0 amide bonds. The maximum Gasteiger partial charge on any atom is 0.0945 e. The number of rotatable bonds is 5. The third kappa shape index (κ3) is 2.55. The Morgan fingerprint density at radius 1 is 1.22 bits per heavy atom. The van der Waals surface area contributed by atoms with Crippen LogP contribution < -0.4 is 5.32 Å². The number of imidazole rings is 1. The molecule has 1 N–H and O–H groups in total. The van der Waals surface area contributed by atoms with Crippen LogP contribution in [0.4, 0.5) is 5.69 Å². The monoisotopic (exact) mass is 241 g/mol. The number of benzene rings is 1. The summed E-state index contributed by atoms with van der Waals surface area (Å²) in [6, 6.07) is 6.81. The van der Waals surface area contributed by atoms with Crippen LogP contribution >= 0.6 is 0 Å². The van der Waals surface area contributed by atoms with Crippen LogP contribution in [0.15, 0.2) is 36.9 Å². The van der Waals surface area contributed by atoms with Crippen LogP contribution in [0.25, 0.3) is 0 Å². The van der Waals surface area contributed by atoms with Crippen molar-refractivity contribution in [3.8, 4) is 0 Å². The van der Waals surface area contributed by atoms with Gasteiger partial charge in [-0.2, -0.15) is 0 Å². The number of aryl methyl sites for hydroxylation is 3. The molecule has 0 unspecified atom stereocenters. The van der Waals surface area contributed by atoms with E-state index in [1.165, 1.54) is 30.5 Å². The van der Waals surface area contributed by atoms with Crippen molar-refractivity contribution in [1.29, 1.82) is 0 Å². The van der Waals surface area contributed by atoms with E-state index in [0.29, 0.717) is 0 Å². The van der Waals surface area contributed by atoms with Crippen molar-refractivity contribution >= 4 is 5.69 Å². The Morgan fingerprint density at radius 2 is 2.17 bits per heavy atom. The first-order chi connectivity index (χ1) is 8.92. The lowest BCUT2D eigenvalue weighted by Gasteiger charge is -2.08. The van der Waals surface area contributed by atoms with Gasteiger partial charge in [-0.25, -0.2) is 4.98 Å². The first kappa shape index (κ1) is 11.3. The molecule has 2 aromatic rings. The highest BCUT2D eigenvalue weighted by Crippen LogP contribution is 2.24. The van der Waals surface area contributed by atoms with Crippen molar-refractivity contribution < 1.29 is 0 Å². The summed E-state index contributed by atoms with van der Waals surface area (Å²) in [6.45, 7) is 2.04. The topological polar surface area (TPSA) is 29.9 Å². The van der Waals surface area contributed by atoms with Crippen LogP contribution in [0.1, 0.15) is 24.0 Å². The maximum absolute atomic E-state index is 4.04. The molecule has 0 radical (unpaired) electrons. The summed E-state index contributed by atoms with van der Waals surface area (Å²) in [5.41, 5.74) is 4.34. The predicted octanol–water partition coefficient (Wildman–Crippen LogP) is 2.87. The molecule has 0 atom stereocenters. The van der Waals surface area contributed by atoms with E-state index in [0.717, 1.165) is 19.5 Å². The molecule has 0 saturated carbocycles. The van der Waals surface area contributed by atoms with Crippen molar-refractivity contribution in [3.05, 3.63) is 48.0 Å². The fraction of sp³-hybridized carbons (Fsp3) is 0.400. The second kappa shape index (κ2) is 5.25. The van der Waals surface area contributed by atoms with Crippen LogP contribution in [0.5, 0.6) is 0 Å². The molecule has 1 aromatic heterocycles. The van der Waals surface area contributed by atoms with Crippen LogP contribution in [-0.2, 0) is 19.4 Å². The van der Waals surface area contributed by atoms with E-state index in [-0.39, 0.29) is 0 Å². The first-order valence-corrected chi connectivity index (χ1v) is 6.73. The number of aromatic nitrogens is 2. The SMILES string of the molecule is c1cn(CCCNc2ccc3c(c2)CCC3)cn1. The van der Waals surface area contributed by atoms with Crippen molar-refractivity contribution in [2.75, 3.05) is 11.9 Å². The highest BCUT2D eigenvalue weighted by atomic mass is 15.0. The number of hydrogen-bond donors (Lipinski definition) is 1. The van der Waals surface area contributed by atoms with E-state index in [9.17, 15) is 0 Å². The Hall–Kier alpha value is -1.77. The molecule has 3 heteroatoms. The smallest absolute Gasteiger partial charge is 0.0945 e. The van der Waals surface area contributed by atoms with Crippen molar-refractivity contribution in [1.82, 2.24) is 9.55 Å². The predicted molar refractivity (Wildman–Crippen MR) is 73.8 cm³/mol. The molecule has 1 heterocycles. The number of hydrogen-bond acceptors (Lipinski definition) is 2. The highest BCUT2D eigenvalue weighted by Gasteiger charge is 2.10. The van der Waals surface area contributed by atoms with Gasteiger partial charge < -0.3 is 9.88 Å². The lowest BCUT2D eigenvalue weighted by Crippen LogP contribution is -2.06. The fourth-order valence-electron chi connectivity index (χ4n) is 2.60. The molecule has 1 aromatic carbocycles. The summed E-state index contributed by atoms with van der Waals surface area (Å²) in [4.78, 5) is 4.04. The van der Waals surface area contributed by atoms with E-state index < -0.39 is 0 Å². The van der Waals surface area contributed by atoms with Crippen LogP contribution in [0.2, 0.25) is 0 Å². The number of nitrogens with zero attached hydrogens (tertiary/aromatic N) is 2. The first-order valence-electron chi connectivity index (χ1n) is 6.73. The van der Waals surface area contributed by atoms with Crippen molar-refractivity contribution in [3.63, 3.8) is 0 Å². The van der Waals surface area contributed by atoms with Gasteiger partial charge in [0.05, 0.1) is 6.33 Å². The number of nitrogens with one attached hydrogen (secondary N) is 1. The zero-order chi connectivity index (χ0) is 12.2. The number of anilines is 1. The van der Waals surface area contributed by atoms with E-state index in [2.05, 4.69) is 33.1 Å². The van der Waals surface area contributed by atoms with Gasteiger partial charge in [0.2, 0.25) is 0 Å². The summed E-state index contributed by atoms with van der Waals surface area (Å²) in [7, 11) is 0. The molecule has 94 valence electrons. The van der Waals surface area contributed by atoms with Gasteiger partial charge in [0.25, 0.3) is 0 Å². The Balaban J connectivity index is 1.48. The fourth-order valence-corrected chi connectivity index (χ4v) is 2.60. The molecule has 0 aliphatic heterocycles. The lowest BCUT2D eigenvalue weighted by atomic mass is 10.1. The zero-order valence-corrected chi connectivity index (χ0v) is 10.6. The molecule has 1 aliphatic rings. The Kier molecular flexibility index (Phi) is 3.31. The normalized spacial score (nSPS) is 13.6. The minimum atomic E-state index is 1.01. The molecule has 3 rings (SSSR count). The Morgan fingerprint density at radius 3 is 3.06 bits per heavy atom. The molecular weight excluding hydrogens is 222 g/mol. The van der Waals surface area contributed by atoms with Crippen LogP contribution in [0, 0.1) is 0 Å². The summed E-state index contributed by atoms with van der Waals surface area (Å²) in [5.74, 6) is 0. The largest absolute Gasteiger partial charge is 0.385 e. The van der Waals surface area contributed by atoms with E-state index in [4.69, 9.17) is 0 Å². The summed E-state index contributed by atoms with van der Waals surface area (Å²) in [6.07, 6.45) is 10.7. The van der Waals surface area contributed by atoms with Gasteiger partial charge in [-0.05, 0) is 48.9 Å². The molecule has 18 heavy (non-hydrogen) atoms. The molecule has 3 nitrogen and oxygen atoms in total. The molecule has 0 saturated heterocycles. The van der Waals surface area contributed by atoms with Crippen LogP contribution in [-0.4, -0.2) is 16.1 Å².